The summed E-state index contributed by atoms with van der Waals surface area (Å²) in [7, 11) is 0. The molecule has 41 heavy (non-hydrogen) atoms. The number of aryl methyl sites for hydroxylation is 2. The molecule has 1 atom stereocenters. The molecule has 6 heteroatoms. The first kappa shape index (κ1) is 32.6. The second-order valence-electron chi connectivity index (χ2n) is 8.87. The lowest BCUT2D eigenvalue weighted by molar-refractivity contribution is 0.101. The number of hydrogen-bond acceptors (Lipinski definition) is 3. The molecule has 0 spiro atoms. The zero-order chi connectivity index (χ0) is 30.4. The van der Waals surface area contributed by atoms with Crippen LogP contribution in [0.4, 0.5) is 4.79 Å². The highest BCUT2D eigenvalue weighted by Crippen LogP contribution is 2.28. The number of nitrogens with zero attached hydrogens (tertiary/aromatic N) is 2. The SMILES string of the molecule is C#CCCc1ccc(CC)c(C(C)=O)c1.C=C1NC(=O)NC1c1ccc(-c2cnn3ccccc23)cc1.CC.CC. The zero-order valence-electron chi connectivity index (χ0n) is 25.1. The van der Waals surface area contributed by atoms with Crippen LogP contribution >= 0.6 is 0 Å². The van der Waals surface area contributed by atoms with Crippen molar-refractivity contribution in [2.24, 2.45) is 0 Å². The molecule has 0 radical (unpaired) electrons. The second kappa shape index (κ2) is 16.5. The summed E-state index contributed by atoms with van der Waals surface area (Å²) in [6.45, 7) is 15.5. The van der Waals surface area contributed by atoms with Crippen LogP contribution in [-0.2, 0) is 12.8 Å². The fraction of sp³-hybridized carbons (Fsp3) is 0.286. The van der Waals surface area contributed by atoms with Gasteiger partial charge in [-0.05, 0) is 60.2 Å². The summed E-state index contributed by atoms with van der Waals surface area (Å²) < 4.78 is 1.85. The van der Waals surface area contributed by atoms with Crippen molar-refractivity contribution in [2.75, 3.05) is 0 Å². The quantitative estimate of drug-likeness (QED) is 0.189. The number of aromatic nitrogens is 2. The molecule has 4 aromatic rings. The van der Waals surface area contributed by atoms with E-state index in [0.717, 1.165) is 58.2 Å². The molecule has 2 N–H and O–H groups in total. The zero-order valence-corrected chi connectivity index (χ0v) is 25.1. The van der Waals surface area contributed by atoms with Gasteiger partial charge in [0.1, 0.15) is 0 Å². The number of amides is 2. The first-order valence-electron chi connectivity index (χ1n) is 14.3. The molecule has 1 saturated heterocycles. The van der Waals surface area contributed by atoms with Crippen LogP contribution in [0.3, 0.4) is 0 Å². The third-order valence-corrected chi connectivity index (χ3v) is 6.37. The normalized spacial score (nSPS) is 13.2. The van der Waals surface area contributed by atoms with Crippen LogP contribution in [0, 0.1) is 12.3 Å². The molecule has 214 valence electrons. The van der Waals surface area contributed by atoms with E-state index in [2.05, 4.69) is 41.2 Å². The lowest BCUT2D eigenvalue weighted by Gasteiger charge is -2.11. The van der Waals surface area contributed by atoms with E-state index < -0.39 is 0 Å². The van der Waals surface area contributed by atoms with Gasteiger partial charge in [0.05, 0.1) is 17.8 Å². The maximum absolute atomic E-state index is 11.4. The number of rotatable bonds is 6. The lowest BCUT2D eigenvalue weighted by Crippen LogP contribution is -2.21. The second-order valence-corrected chi connectivity index (χ2v) is 8.87. The van der Waals surface area contributed by atoms with Gasteiger partial charge >= 0.3 is 6.03 Å². The number of benzene rings is 2. The van der Waals surface area contributed by atoms with Crippen molar-refractivity contribution in [1.29, 1.82) is 0 Å². The van der Waals surface area contributed by atoms with Crippen molar-refractivity contribution in [3.63, 3.8) is 0 Å². The fourth-order valence-corrected chi connectivity index (χ4v) is 4.40. The summed E-state index contributed by atoms with van der Waals surface area (Å²) in [4.78, 5) is 22.8. The van der Waals surface area contributed by atoms with E-state index in [1.807, 2.05) is 99.2 Å². The number of nitrogens with one attached hydrogen (secondary N) is 2. The molecule has 0 bridgehead atoms. The van der Waals surface area contributed by atoms with Crippen LogP contribution in [0.5, 0.6) is 0 Å². The maximum Gasteiger partial charge on any atom is 0.319 e. The summed E-state index contributed by atoms with van der Waals surface area (Å²) in [5, 5.41) is 9.86. The van der Waals surface area contributed by atoms with Gasteiger partial charge < -0.3 is 10.6 Å². The molecule has 5 rings (SSSR count). The predicted octanol–water partition coefficient (Wildman–Crippen LogP) is 7.94. The van der Waals surface area contributed by atoms with E-state index in [1.54, 1.807) is 6.92 Å². The highest BCUT2D eigenvalue weighted by Gasteiger charge is 2.25. The minimum Gasteiger partial charge on any atom is -0.325 e. The molecule has 2 aromatic carbocycles. The van der Waals surface area contributed by atoms with Crippen molar-refractivity contribution < 1.29 is 9.59 Å². The smallest absolute Gasteiger partial charge is 0.319 e. The Balaban J connectivity index is 0.000000272. The van der Waals surface area contributed by atoms with Crippen LogP contribution in [0.1, 0.15) is 81.1 Å². The Kier molecular flexibility index (Phi) is 13.1. The lowest BCUT2D eigenvalue weighted by atomic mass is 9.97. The Labute approximate surface area is 244 Å². The van der Waals surface area contributed by atoms with Crippen molar-refractivity contribution in [3.05, 3.63) is 108 Å². The van der Waals surface area contributed by atoms with Gasteiger partial charge in [0, 0.05) is 29.4 Å². The topological polar surface area (TPSA) is 75.5 Å². The van der Waals surface area contributed by atoms with Gasteiger partial charge in [-0.1, -0.05) is 83.7 Å². The van der Waals surface area contributed by atoms with Crippen molar-refractivity contribution in [3.8, 4) is 23.5 Å². The van der Waals surface area contributed by atoms with Gasteiger partial charge in [0.25, 0.3) is 0 Å². The summed E-state index contributed by atoms with van der Waals surface area (Å²) in [5.74, 6) is 2.74. The first-order chi connectivity index (χ1) is 19.9. The summed E-state index contributed by atoms with van der Waals surface area (Å²) in [5.41, 5.74) is 8.02. The monoisotopic (exact) mass is 550 g/mol. The highest BCUT2D eigenvalue weighted by atomic mass is 16.2. The van der Waals surface area contributed by atoms with E-state index in [0.29, 0.717) is 5.70 Å². The molecular weight excluding hydrogens is 508 g/mol. The van der Waals surface area contributed by atoms with E-state index in [1.165, 1.54) is 0 Å². The molecule has 1 aliphatic heterocycles. The van der Waals surface area contributed by atoms with Gasteiger partial charge in [-0.2, -0.15) is 5.10 Å². The molecule has 2 aromatic heterocycles. The Morgan fingerprint density at radius 1 is 1.07 bits per heavy atom. The standard InChI is InChI=1S/C17H14N4O.C14H16O.2C2H6/c1-11-16(20-17(22)19-11)13-7-5-12(6-8-13)14-10-18-21-9-3-2-4-15(14)21;1-4-6-7-12-8-9-13(5-2)14(10-12)11(3)15;2*1-2/h2-10,16H,1H2,(H2,19,20,22);1,8-10H,5-7H2,2-3H3;2*1-2H3. The van der Waals surface area contributed by atoms with Crippen LogP contribution in [0.2, 0.25) is 0 Å². The van der Waals surface area contributed by atoms with Gasteiger partial charge in [-0.3, -0.25) is 4.79 Å². The Morgan fingerprint density at radius 2 is 1.78 bits per heavy atom. The Hall–Kier alpha value is -4.63. The van der Waals surface area contributed by atoms with Crippen LogP contribution in [0.25, 0.3) is 16.6 Å². The van der Waals surface area contributed by atoms with E-state index >= 15 is 0 Å². The fourth-order valence-electron chi connectivity index (χ4n) is 4.40. The molecule has 6 nitrogen and oxygen atoms in total. The van der Waals surface area contributed by atoms with Gasteiger partial charge in [0.15, 0.2) is 5.78 Å². The van der Waals surface area contributed by atoms with Crippen LogP contribution in [-0.4, -0.2) is 21.4 Å². The summed E-state index contributed by atoms with van der Waals surface area (Å²) in [6.07, 6.45) is 11.5. The number of pyridine rings is 1. The molecule has 1 unspecified atom stereocenters. The number of hydrogen-bond donors (Lipinski definition) is 2. The van der Waals surface area contributed by atoms with Crippen molar-refractivity contribution in [1.82, 2.24) is 20.2 Å². The van der Waals surface area contributed by atoms with Gasteiger partial charge in [-0.15, -0.1) is 12.3 Å². The molecule has 1 aliphatic rings. The Bertz CT molecular complexity index is 1490. The van der Waals surface area contributed by atoms with Gasteiger partial charge in [0.2, 0.25) is 0 Å². The minimum atomic E-state index is -0.207. The maximum atomic E-state index is 11.4. The van der Waals surface area contributed by atoms with Crippen molar-refractivity contribution in [2.45, 2.75) is 66.8 Å². The largest absolute Gasteiger partial charge is 0.325 e. The first-order valence-corrected chi connectivity index (χ1v) is 14.3. The van der Waals surface area contributed by atoms with E-state index in [4.69, 9.17) is 6.42 Å². The molecule has 0 aliphatic carbocycles. The number of carbonyl (C=O) groups excluding carboxylic acids is 2. The third kappa shape index (κ3) is 8.43. The Morgan fingerprint density at radius 3 is 2.37 bits per heavy atom. The third-order valence-electron chi connectivity index (χ3n) is 6.37. The van der Waals surface area contributed by atoms with E-state index in [9.17, 15) is 9.59 Å². The molecule has 3 heterocycles. The number of carbonyl (C=O) groups is 2. The molecule has 1 fully saturated rings. The molecular formula is C35H42N4O2. The van der Waals surface area contributed by atoms with Crippen molar-refractivity contribution >= 4 is 17.3 Å². The number of ketones is 1. The molecule has 0 saturated carbocycles. The highest BCUT2D eigenvalue weighted by molar-refractivity contribution is 5.95. The predicted molar refractivity (Wildman–Crippen MR) is 170 cm³/mol. The number of urea groups is 1. The van der Waals surface area contributed by atoms with Crippen LogP contribution < -0.4 is 10.6 Å². The van der Waals surface area contributed by atoms with E-state index in [-0.39, 0.29) is 17.9 Å². The average Bonchev–Trinajstić information content (AvgIpc) is 3.60. The minimum absolute atomic E-state index is 0.134. The number of fused-ring (bicyclic) bond motifs is 1. The average molecular weight is 551 g/mol. The summed E-state index contributed by atoms with van der Waals surface area (Å²) in [6, 6.07) is 19.8. The number of terminal acetylenes is 1. The number of Topliss-reactive ketones (excluding diaryl/α,β-unsaturated/α-hetero) is 1. The van der Waals surface area contributed by atoms with Gasteiger partial charge in [-0.25, -0.2) is 9.31 Å². The summed E-state index contributed by atoms with van der Waals surface area (Å²) >= 11 is 0. The molecule has 2 amide bonds. The van der Waals surface area contributed by atoms with Crippen LogP contribution in [0.15, 0.2) is 85.3 Å².